The predicted octanol–water partition coefficient (Wildman–Crippen LogP) is 2.99. The molecule has 1 aromatic carbocycles. The molecule has 2 aromatic rings. The summed E-state index contributed by atoms with van der Waals surface area (Å²) in [5, 5.41) is 3.13. The van der Waals surface area contributed by atoms with Gasteiger partial charge < -0.3 is 10.3 Å². The zero-order chi connectivity index (χ0) is 11.5. The highest BCUT2D eigenvalue weighted by Gasteiger charge is 2.05. The average Bonchev–Trinajstić information content (AvgIpc) is 2.67. The smallest absolute Gasteiger partial charge is 0.201 e. The second-order valence-electron chi connectivity index (χ2n) is 3.89. The van der Waals surface area contributed by atoms with Crippen molar-refractivity contribution in [3.8, 4) is 0 Å². The standard InChI is InChI=1S/C11H13ClFN3/c1-7(5-12)6-14-11-15-9-3-2-8(13)4-10(9)16-11/h2-4,7H,5-6H2,1H3,(H2,14,15,16). The van der Waals surface area contributed by atoms with E-state index >= 15 is 0 Å². The minimum absolute atomic E-state index is 0.267. The normalized spacial score (nSPS) is 12.9. The van der Waals surface area contributed by atoms with Crippen LogP contribution in [0.5, 0.6) is 0 Å². The van der Waals surface area contributed by atoms with Crippen LogP contribution in [0.15, 0.2) is 18.2 Å². The zero-order valence-corrected chi connectivity index (χ0v) is 9.68. The molecule has 1 heterocycles. The molecule has 3 nitrogen and oxygen atoms in total. The second kappa shape index (κ2) is 4.70. The molecule has 1 aromatic heterocycles. The number of H-pyrrole nitrogens is 1. The van der Waals surface area contributed by atoms with Crippen molar-refractivity contribution in [2.75, 3.05) is 17.7 Å². The monoisotopic (exact) mass is 241 g/mol. The predicted molar refractivity (Wildman–Crippen MR) is 64.4 cm³/mol. The molecule has 0 fully saturated rings. The molecule has 0 bridgehead atoms. The molecule has 86 valence electrons. The number of aromatic amines is 1. The van der Waals surface area contributed by atoms with Gasteiger partial charge in [-0.25, -0.2) is 9.37 Å². The van der Waals surface area contributed by atoms with Gasteiger partial charge in [-0.15, -0.1) is 11.6 Å². The fourth-order valence-corrected chi connectivity index (χ4v) is 1.50. The lowest BCUT2D eigenvalue weighted by atomic mass is 10.2. The number of hydrogen-bond acceptors (Lipinski definition) is 2. The van der Waals surface area contributed by atoms with Crippen LogP contribution in [0.25, 0.3) is 11.0 Å². The number of hydrogen-bond donors (Lipinski definition) is 2. The molecule has 0 aliphatic rings. The van der Waals surface area contributed by atoms with E-state index in [4.69, 9.17) is 11.6 Å². The van der Waals surface area contributed by atoms with Crippen LogP contribution in [0.4, 0.5) is 10.3 Å². The van der Waals surface area contributed by atoms with Gasteiger partial charge >= 0.3 is 0 Å². The van der Waals surface area contributed by atoms with E-state index in [0.29, 0.717) is 23.3 Å². The van der Waals surface area contributed by atoms with E-state index in [2.05, 4.69) is 15.3 Å². The summed E-state index contributed by atoms with van der Waals surface area (Å²) in [5.74, 6) is 1.35. The van der Waals surface area contributed by atoms with Crippen molar-refractivity contribution in [1.82, 2.24) is 9.97 Å². The van der Waals surface area contributed by atoms with Gasteiger partial charge in [-0.3, -0.25) is 0 Å². The van der Waals surface area contributed by atoms with Crippen LogP contribution in [0.1, 0.15) is 6.92 Å². The maximum absolute atomic E-state index is 12.9. The molecule has 0 radical (unpaired) electrons. The number of halogens is 2. The summed E-state index contributed by atoms with van der Waals surface area (Å²) in [4.78, 5) is 7.29. The first kappa shape index (κ1) is 11.2. The molecule has 0 amide bonds. The average molecular weight is 242 g/mol. The number of aromatic nitrogens is 2. The van der Waals surface area contributed by atoms with Crippen LogP contribution >= 0.6 is 11.6 Å². The van der Waals surface area contributed by atoms with E-state index in [9.17, 15) is 4.39 Å². The van der Waals surface area contributed by atoms with Crippen molar-refractivity contribution in [2.24, 2.45) is 5.92 Å². The summed E-state index contributed by atoms with van der Waals surface area (Å²) in [6, 6.07) is 4.48. The molecule has 2 N–H and O–H groups in total. The van der Waals surface area contributed by atoms with Gasteiger partial charge in [0.15, 0.2) is 0 Å². The fourth-order valence-electron chi connectivity index (χ4n) is 1.39. The molecule has 2 rings (SSSR count). The molecule has 1 unspecified atom stereocenters. The Bertz CT molecular complexity index is 483. The van der Waals surface area contributed by atoms with Crippen molar-refractivity contribution in [3.63, 3.8) is 0 Å². The molecular formula is C11H13ClFN3. The van der Waals surface area contributed by atoms with Gasteiger partial charge in [0.25, 0.3) is 0 Å². The maximum Gasteiger partial charge on any atom is 0.201 e. The maximum atomic E-state index is 12.9. The Balaban J connectivity index is 2.13. The highest BCUT2D eigenvalue weighted by atomic mass is 35.5. The summed E-state index contributed by atoms with van der Waals surface area (Å²) in [6.45, 7) is 2.79. The highest BCUT2D eigenvalue weighted by molar-refractivity contribution is 6.18. The Morgan fingerprint density at radius 2 is 2.38 bits per heavy atom. The van der Waals surface area contributed by atoms with Crippen LogP contribution in [0, 0.1) is 11.7 Å². The van der Waals surface area contributed by atoms with Crippen molar-refractivity contribution in [1.29, 1.82) is 0 Å². The minimum atomic E-state index is -0.267. The SMILES string of the molecule is CC(CCl)CNc1nc2ccc(F)cc2[nH]1. The van der Waals surface area contributed by atoms with Crippen LogP contribution in [0.2, 0.25) is 0 Å². The van der Waals surface area contributed by atoms with Crippen LogP contribution in [-0.2, 0) is 0 Å². The number of rotatable bonds is 4. The summed E-state index contributed by atoms with van der Waals surface area (Å²) < 4.78 is 12.9. The number of nitrogens with one attached hydrogen (secondary N) is 2. The molecule has 16 heavy (non-hydrogen) atoms. The lowest BCUT2D eigenvalue weighted by molar-refractivity contribution is 0.629. The Labute approximate surface area is 98.0 Å². The van der Waals surface area contributed by atoms with Crippen molar-refractivity contribution >= 4 is 28.6 Å². The van der Waals surface area contributed by atoms with E-state index in [-0.39, 0.29) is 5.82 Å². The van der Waals surface area contributed by atoms with E-state index in [0.717, 1.165) is 12.1 Å². The number of alkyl halides is 1. The molecule has 0 saturated heterocycles. The molecule has 5 heteroatoms. The quantitative estimate of drug-likeness (QED) is 0.808. The van der Waals surface area contributed by atoms with Crippen molar-refractivity contribution < 1.29 is 4.39 Å². The van der Waals surface area contributed by atoms with Gasteiger partial charge in [-0.2, -0.15) is 0 Å². The number of imidazole rings is 1. The lowest BCUT2D eigenvalue weighted by Crippen LogP contribution is -2.13. The van der Waals surface area contributed by atoms with Gasteiger partial charge in [0.2, 0.25) is 5.95 Å². The van der Waals surface area contributed by atoms with Crippen LogP contribution < -0.4 is 5.32 Å². The highest BCUT2D eigenvalue weighted by Crippen LogP contribution is 2.15. The van der Waals surface area contributed by atoms with E-state index in [1.807, 2.05) is 6.92 Å². The van der Waals surface area contributed by atoms with E-state index in [1.54, 1.807) is 6.07 Å². The summed E-state index contributed by atoms with van der Waals surface area (Å²) in [5.41, 5.74) is 1.45. The van der Waals surface area contributed by atoms with E-state index < -0.39 is 0 Å². The number of benzene rings is 1. The summed E-state index contributed by atoms with van der Waals surface area (Å²) in [6.07, 6.45) is 0. The zero-order valence-electron chi connectivity index (χ0n) is 8.93. The molecule has 0 aliphatic carbocycles. The number of fused-ring (bicyclic) bond motifs is 1. The third kappa shape index (κ3) is 2.44. The third-order valence-corrected chi connectivity index (χ3v) is 2.85. The molecule has 0 spiro atoms. The minimum Gasteiger partial charge on any atom is -0.355 e. The van der Waals surface area contributed by atoms with Gasteiger partial charge in [0, 0.05) is 12.4 Å². The largest absolute Gasteiger partial charge is 0.355 e. The van der Waals surface area contributed by atoms with E-state index in [1.165, 1.54) is 12.1 Å². The first-order valence-electron chi connectivity index (χ1n) is 5.14. The van der Waals surface area contributed by atoms with Crippen LogP contribution in [-0.4, -0.2) is 22.4 Å². The topological polar surface area (TPSA) is 40.7 Å². The van der Waals surface area contributed by atoms with Crippen molar-refractivity contribution in [2.45, 2.75) is 6.92 Å². The summed E-state index contributed by atoms with van der Waals surface area (Å²) >= 11 is 5.70. The van der Waals surface area contributed by atoms with Crippen LogP contribution in [0.3, 0.4) is 0 Å². The molecule has 1 atom stereocenters. The Kier molecular flexibility index (Phi) is 3.29. The van der Waals surface area contributed by atoms with Gasteiger partial charge in [-0.05, 0) is 24.1 Å². The van der Waals surface area contributed by atoms with Gasteiger partial charge in [-0.1, -0.05) is 6.92 Å². The molecule has 0 saturated carbocycles. The molecule has 0 aliphatic heterocycles. The fraction of sp³-hybridized carbons (Fsp3) is 0.364. The van der Waals surface area contributed by atoms with Gasteiger partial charge in [0.1, 0.15) is 5.82 Å². The second-order valence-corrected chi connectivity index (χ2v) is 4.20. The number of anilines is 1. The Hall–Kier alpha value is -1.29. The van der Waals surface area contributed by atoms with Crippen molar-refractivity contribution in [3.05, 3.63) is 24.0 Å². The Morgan fingerprint density at radius 3 is 3.12 bits per heavy atom. The van der Waals surface area contributed by atoms with Gasteiger partial charge in [0.05, 0.1) is 11.0 Å². The first-order chi connectivity index (χ1) is 7.69. The summed E-state index contributed by atoms with van der Waals surface area (Å²) in [7, 11) is 0. The Morgan fingerprint density at radius 1 is 1.56 bits per heavy atom. The first-order valence-corrected chi connectivity index (χ1v) is 5.67. The third-order valence-electron chi connectivity index (χ3n) is 2.33. The lowest BCUT2D eigenvalue weighted by Gasteiger charge is -2.07. The molecular weight excluding hydrogens is 229 g/mol. The number of nitrogens with zero attached hydrogens (tertiary/aromatic N) is 1.